The van der Waals surface area contributed by atoms with Crippen molar-refractivity contribution in [1.29, 1.82) is 0 Å². The van der Waals surface area contributed by atoms with E-state index >= 15 is 0 Å². The van der Waals surface area contributed by atoms with E-state index in [0.717, 1.165) is 11.3 Å². The number of benzene rings is 1. The van der Waals surface area contributed by atoms with Gasteiger partial charge in [0.05, 0.1) is 5.25 Å². The highest BCUT2D eigenvalue weighted by atomic mass is 32.2. The van der Waals surface area contributed by atoms with E-state index < -0.39 is 0 Å². The third kappa shape index (κ3) is 3.84. The molecule has 1 N–H and O–H groups in total. The summed E-state index contributed by atoms with van der Waals surface area (Å²) in [4.78, 5) is 0. The minimum absolute atomic E-state index is 0.135. The predicted octanol–water partition coefficient (Wildman–Crippen LogP) is 3.47. The topological polar surface area (TPSA) is 59.2 Å². The molecule has 1 aromatic carbocycles. The number of thioether (sulfide) groups is 1. The van der Waals surface area contributed by atoms with Crippen LogP contribution in [0, 0.1) is 12.8 Å². The number of hydrogen-bond acceptors (Lipinski definition) is 5. The fourth-order valence-electron chi connectivity index (χ4n) is 1.64. The van der Waals surface area contributed by atoms with Crippen LogP contribution in [0.3, 0.4) is 0 Å². The molecule has 1 heterocycles. The molecule has 0 spiro atoms. The first kappa shape index (κ1) is 15.1. The van der Waals surface area contributed by atoms with E-state index in [-0.39, 0.29) is 17.8 Å². The summed E-state index contributed by atoms with van der Waals surface area (Å²) in [6.07, 6.45) is 0. The third-order valence-electron chi connectivity index (χ3n) is 3.03. The monoisotopic (exact) mass is 292 g/mol. The molecular weight excluding hydrogens is 272 g/mol. The normalized spacial score (nSPS) is 14.2. The first-order valence-electron chi connectivity index (χ1n) is 6.73. The highest BCUT2D eigenvalue weighted by molar-refractivity contribution is 7.99. The second kappa shape index (κ2) is 6.90. The number of aliphatic hydroxyl groups is 1. The predicted molar refractivity (Wildman–Crippen MR) is 81.6 cm³/mol. The van der Waals surface area contributed by atoms with Gasteiger partial charge in [-0.25, -0.2) is 0 Å². The molecule has 5 heteroatoms. The van der Waals surface area contributed by atoms with Gasteiger partial charge in [0.25, 0.3) is 0 Å². The van der Waals surface area contributed by atoms with Crippen LogP contribution in [0.2, 0.25) is 0 Å². The average molecular weight is 292 g/mol. The van der Waals surface area contributed by atoms with E-state index in [2.05, 4.69) is 10.2 Å². The number of rotatable bonds is 6. The molecule has 2 aromatic rings. The van der Waals surface area contributed by atoms with Crippen LogP contribution in [0.15, 0.2) is 28.7 Å². The average Bonchev–Trinajstić information content (AvgIpc) is 2.95. The van der Waals surface area contributed by atoms with Crippen LogP contribution in [0.25, 0.3) is 11.5 Å². The summed E-state index contributed by atoms with van der Waals surface area (Å²) in [5.41, 5.74) is 2.14. The lowest BCUT2D eigenvalue weighted by Crippen LogP contribution is -2.04. The smallest absolute Gasteiger partial charge is 0.247 e. The first-order valence-corrected chi connectivity index (χ1v) is 7.78. The molecule has 20 heavy (non-hydrogen) atoms. The van der Waals surface area contributed by atoms with Gasteiger partial charge in [0.15, 0.2) is 0 Å². The quantitative estimate of drug-likeness (QED) is 0.883. The molecule has 0 aliphatic carbocycles. The number of hydrogen-bond donors (Lipinski definition) is 1. The van der Waals surface area contributed by atoms with Crippen LogP contribution in [0.4, 0.5) is 0 Å². The van der Waals surface area contributed by atoms with E-state index in [1.165, 1.54) is 5.56 Å². The minimum Gasteiger partial charge on any atom is -0.420 e. The fraction of sp³-hybridized carbons (Fsp3) is 0.467. The van der Waals surface area contributed by atoms with Gasteiger partial charge in [-0.3, -0.25) is 0 Å². The molecule has 2 rings (SSSR count). The maximum Gasteiger partial charge on any atom is 0.247 e. The Morgan fingerprint density at radius 2 is 1.90 bits per heavy atom. The molecule has 0 aliphatic rings. The number of aromatic nitrogens is 2. The maximum absolute atomic E-state index is 9.03. The lowest BCUT2D eigenvalue weighted by molar-refractivity contribution is 0.250. The van der Waals surface area contributed by atoms with Crippen molar-refractivity contribution in [3.8, 4) is 11.5 Å². The molecule has 2 atom stereocenters. The molecule has 108 valence electrons. The number of aryl methyl sites for hydroxylation is 1. The molecule has 0 saturated carbocycles. The maximum atomic E-state index is 9.03. The molecule has 1 aromatic heterocycles. The van der Waals surface area contributed by atoms with E-state index in [1.54, 1.807) is 11.8 Å². The molecular formula is C15H20N2O2S. The second-order valence-corrected chi connectivity index (χ2v) is 6.45. The Labute approximate surface area is 123 Å². The van der Waals surface area contributed by atoms with Crippen molar-refractivity contribution in [2.45, 2.75) is 26.0 Å². The summed E-state index contributed by atoms with van der Waals surface area (Å²) >= 11 is 1.72. The summed E-state index contributed by atoms with van der Waals surface area (Å²) in [7, 11) is 0. The van der Waals surface area contributed by atoms with Crippen molar-refractivity contribution in [1.82, 2.24) is 10.2 Å². The van der Waals surface area contributed by atoms with Crippen molar-refractivity contribution in [2.24, 2.45) is 5.92 Å². The summed E-state index contributed by atoms with van der Waals surface area (Å²) in [5.74, 6) is 2.35. The third-order valence-corrected chi connectivity index (χ3v) is 4.49. The summed E-state index contributed by atoms with van der Waals surface area (Å²) in [5, 5.41) is 17.4. The van der Waals surface area contributed by atoms with Crippen LogP contribution in [-0.4, -0.2) is 27.7 Å². The van der Waals surface area contributed by atoms with E-state index in [1.807, 2.05) is 45.0 Å². The Bertz CT molecular complexity index is 539. The summed E-state index contributed by atoms with van der Waals surface area (Å²) in [6, 6.07) is 8.02. The molecule has 0 aliphatic heterocycles. The van der Waals surface area contributed by atoms with Crippen LogP contribution >= 0.6 is 11.8 Å². The van der Waals surface area contributed by atoms with Gasteiger partial charge >= 0.3 is 0 Å². The van der Waals surface area contributed by atoms with Gasteiger partial charge in [-0.2, -0.15) is 0 Å². The highest BCUT2D eigenvalue weighted by Crippen LogP contribution is 2.30. The zero-order chi connectivity index (χ0) is 14.5. The SMILES string of the molecule is Cc1ccc(-c2nnc(C(C)SCC(C)CO)o2)cc1. The largest absolute Gasteiger partial charge is 0.420 e. The lowest BCUT2D eigenvalue weighted by atomic mass is 10.1. The Hall–Kier alpha value is -1.33. The minimum atomic E-state index is 0.135. The van der Waals surface area contributed by atoms with E-state index in [9.17, 15) is 0 Å². The zero-order valence-electron chi connectivity index (χ0n) is 12.0. The van der Waals surface area contributed by atoms with Gasteiger partial charge in [0.2, 0.25) is 11.8 Å². The van der Waals surface area contributed by atoms with Crippen LogP contribution < -0.4 is 0 Å². The van der Waals surface area contributed by atoms with Crippen molar-refractivity contribution in [3.63, 3.8) is 0 Å². The zero-order valence-corrected chi connectivity index (χ0v) is 12.9. The van der Waals surface area contributed by atoms with Crippen LogP contribution in [0.1, 0.15) is 30.6 Å². The van der Waals surface area contributed by atoms with Gasteiger partial charge < -0.3 is 9.52 Å². The van der Waals surface area contributed by atoms with Crippen molar-refractivity contribution >= 4 is 11.8 Å². The van der Waals surface area contributed by atoms with Gasteiger partial charge in [-0.1, -0.05) is 24.6 Å². The van der Waals surface area contributed by atoms with E-state index in [4.69, 9.17) is 9.52 Å². The lowest BCUT2D eigenvalue weighted by Gasteiger charge is -2.10. The molecule has 2 unspecified atom stereocenters. The second-order valence-electron chi connectivity index (χ2n) is 5.07. The number of aliphatic hydroxyl groups excluding tert-OH is 1. The Balaban J connectivity index is 2.03. The molecule has 4 nitrogen and oxygen atoms in total. The molecule has 0 amide bonds. The van der Waals surface area contributed by atoms with Crippen molar-refractivity contribution in [2.75, 3.05) is 12.4 Å². The Kier molecular flexibility index (Phi) is 5.20. The Morgan fingerprint density at radius 3 is 2.55 bits per heavy atom. The summed E-state index contributed by atoms with van der Waals surface area (Å²) < 4.78 is 5.73. The van der Waals surface area contributed by atoms with Gasteiger partial charge in [0.1, 0.15) is 0 Å². The van der Waals surface area contributed by atoms with Gasteiger partial charge in [-0.15, -0.1) is 22.0 Å². The molecule has 0 saturated heterocycles. The van der Waals surface area contributed by atoms with Crippen molar-refractivity contribution < 1.29 is 9.52 Å². The highest BCUT2D eigenvalue weighted by Gasteiger charge is 2.16. The van der Waals surface area contributed by atoms with Gasteiger partial charge in [0, 0.05) is 12.2 Å². The van der Waals surface area contributed by atoms with Crippen molar-refractivity contribution in [3.05, 3.63) is 35.7 Å². The van der Waals surface area contributed by atoms with Crippen LogP contribution in [0.5, 0.6) is 0 Å². The van der Waals surface area contributed by atoms with Crippen LogP contribution in [-0.2, 0) is 0 Å². The Morgan fingerprint density at radius 1 is 1.20 bits per heavy atom. The number of nitrogens with zero attached hydrogens (tertiary/aromatic N) is 2. The van der Waals surface area contributed by atoms with E-state index in [0.29, 0.717) is 11.8 Å². The first-order chi connectivity index (χ1) is 9.60. The molecule has 0 fully saturated rings. The standard InChI is InChI=1S/C15H20N2O2S/c1-10-4-6-13(7-5-10)15-17-16-14(19-15)12(3)20-9-11(2)8-18/h4-7,11-12,18H,8-9H2,1-3H3. The molecule has 0 radical (unpaired) electrons. The molecule has 0 bridgehead atoms. The fourth-order valence-corrected chi connectivity index (χ4v) is 2.60. The summed E-state index contributed by atoms with van der Waals surface area (Å²) in [6.45, 7) is 6.31. The van der Waals surface area contributed by atoms with Gasteiger partial charge in [-0.05, 0) is 37.7 Å².